The fourth-order valence-corrected chi connectivity index (χ4v) is 2.49. The Morgan fingerprint density at radius 3 is 2.59 bits per heavy atom. The number of fused-ring (bicyclic) bond motifs is 1. The topological polar surface area (TPSA) is 102 Å². The summed E-state index contributed by atoms with van der Waals surface area (Å²) in [6.45, 7) is 1.92. The highest BCUT2D eigenvalue weighted by Gasteiger charge is 2.27. The van der Waals surface area contributed by atoms with E-state index in [1.165, 1.54) is 13.2 Å². The van der Waals surface area contributed by atoms with Crippen molar-refractivity contribution in [1.82, 2.24) is 20.0 Å². The molecule has 3 amide bonds. The number of carbonyl (C=O) groups is 3. The van der Waals surface area contributed by atoms with Gasteiger partial charge in [-0.05, 0) is 24.6 Å². The van der Waals surface area contributed by atoms with E-state index >= 15 is 0 Å². The van der Waals surface area contributed by atoms with Gasteiger partial charge in [-0.1, -0.05) is 30.3 Å². The van der Waals surface area contributed by atoms with Crippen LogP contribution < -0.4 is 10.6 Å². The molecule has 0 aliphatic rings. The Morgan fingerprint density at radius 2 is 1.89 bits per heavy atom. The third-order valence-corrected chi connectivity index (χ3v) is 3.85. The van der Waals surface area contributed by atoms with E-state index in [1.54, 1.807) is 40.9 Å². The van der Waals surface area contributed by atoms with Crippen LogP contribution in [0.3, 0.4) is 0 Å². The van der Waals surface area contributed by atoms with Gasteiger partial charge >= 0.3 is 12.0 Å². The molecule has 0 saturated carbocycles. The summed E-state index contributed by atoms with van der Waals surface area (Å²) in [5.41, 5.74) is 2.09. The molecule has 0 unspecified atom stereocenters. The number of aryl methyl sites for hydroxylation is 1. The molecule has 2 aromatic heterocycles. The van der Waals surface area contributed by atoms with Gasteiger partial charge in [0.25, 0.3) is 5.91 Å². The summed E-state index contributed by atoms with van der Waals surface area (Å²) < 4.78 is 7.07. The number of ether oxygens (including phenoxy) is 1. The zero-order valence-corrected chi connectivity index (χ0v) is 14.8. The van der Waals surface area contributed by atoms with Crippen LogP contribution in [0.4, 0.5) is 4.79 Å². The lowest BCUT2D eigenvalue weighted by molar-refractivity contribution is -0.129. The maximum atomic E-state index is 12.6. The number of carbonyl (C=O) groups excluding carboxylic acids is 3. The lowest BCUT2D eigenvalue weighted by Crippen LogP contribution is -2.41. The molecular weight excluding hydrogens is 348 g/mol. The van der Waals surface area contributed by atoms with E-state index in [0.717, 1.165) is 5.56 Å². The lowest BCUT2D eigenvalue weighted by atomic mass is 10.1. The van der Waals surface area contributed by atoms with Crippen LogP contribution >= 0.6 is 0 Å². The van der Waals surface area contributed by atoms with Crippen molar-refractivity contribution < 1.29 is 19.1 Å². The van der Waals surface area contributed by atoms with Crippen molar-refractivity contribution in [3.8, 4) is 0 Å². The Hall–Kier alpha value is -3.68. The number of urea groups is 1. The minimum Gasteiger partial charge on any atom is -0.442 e. The van der Waals surface area contributed by atoms with Gasteiger partial charge in [-0.15, -0.1) is 0 Å². The molecule has 0 bridgehead atoms. The van der Waals surface area contributed by atoms with Crippen LogP contribution in [0.5, 0.6) is 0 Å². The number of benzene rings is 1. The van der Waals surface area contributed by atoms with Crippen LogP contribution in [0.1, 0.15) is 27.7 Å². The summed E-state index contributed by atoms with van der Waals surface area (Å²) >= 11 is 0. The highest BCUT2D eigenvalue weighted by atomic mass is 16.5. The van der Waals surface area contributed by atoms with E-state index in [2.05, 4.69) is 15.6 Å². The average Bonchev–Trinajstić information content (AvgIpc) is 3.09. The number of amides is 3. The van der Waals surface area contributed by atoms with Gasteiger partial charge in [-0.3, -0.25) is 10.1 Å². The van der Waals surface area contributed by atoms with Crippen LogP contribution in [0.2, 0.25) is 0 Å². The van der Waals surface area contributed by atoms with Crippen LogP contribution in [0.15, 0.2) is 54.9 Å². The summed E-state index contributed by atoms with van der Waals surface area (Å²) in [5, 5.41) is 4.41. The van der Waals surface area contributed by atoms with Gasteiger partial charge in [0.15, 0.2) is 5.69 Å². The molecule has 8 nitrogen and oxygen atoms in total. The quantitative estimate of drug-likeness (QED) is 0.688. The Kier molecular flexibility index (Phi) is 5.16. The molecule has 8 heteroatoms. The van der Waals surface area contributed by atoms with E-state index in [0.29, 0.717) is 11.2 Å². The standard InChI is InChI=1S/C19H18N4O4/c1-12-8-9-23-11-14(21-15(23)10-12)18(25)27-16(13-6-4-3-5-7-13)17(24)22-19(26)20-2/h3-11,16H,1-2H3,(H2,20,22,24,26)/t16-/m1/s1. The molecule has 27 heavy (non-hydrogen) atoms. The maximum absolute atomic E-state index is 12.6. The number of hydrogen-bond acceptors (Lipinski definition) is 5. The van der Waals surface area contributed by atoms with Crippen molar-refractivity contribution >= 4 is 23.6 Å². The predicted molar refractivity (Wildman–Crippen MR) is 97.1 cm³/mol. The number of hydrogen-bond donors (Lipinski definition) is 2. The van der Waals surface area contributed by atoms with Crippen molar-refractivity contribution in [2.75, 3.05) is 7.05 Å². The van der Waals surface area contributed by atoms with Crippen LogP contribution in [0, 0.1) is 6.92 Å². The van der Waals surface area contributed by atoms with E-state index < -0.39 is 24.0 Å². The predicted octanol–water partition coefficient (Wildman–Crippen LogP) is 2.00. The summed E-state index contributed by atoms with van der Waals surface area (Å²) in [6, 6.07) is 11.5. The molecule has 0 aliphatic carbocycles. The molecule has 2 N–H and O–H groups in total. The highest BCUT2D eigenvalue weighted by Crippen LogP contribution is 2.20. The van der Waals surface area contributed by atoms with Gasteiger partial charge < -0.3 is 14.5 Å². The second-order valence-corrected chi connectivity index (χ2v) is 5.86. The van der Waals surface area contributed by atoms with Gasteiger partial charge in [0, 0.05) is 25.0 Å². The summed E-state index contributed by atoms with van der Waals surface area (Å²) in [6.07, 6.45) is 2.01. The van der Waals surface area contributed by atoms with Crippen LogP contribution in [-0.2, 0) is 9.53 Å². The van der Waals surface area contributed by atoms with Crippen LogP contribution in [-0.4, -0.2) is 34.3 Å². The molecule has 1 atom stereocenters. The van der Waals surface area contributed by atoms with Gasteiger partial charge in [-0.25, -0.2) is 14.6 Å². The second-order valence-electron chi connectivity index (χ2n) is 5.86. The number of aromatic nitrogens is 2. The lowest BCUT2D eigenvalue weighted by Gasteiger charge is -2.16. The van der Waals surface area contributed by atoms with Crippen molar-refractivity contribution in [3.05, 3.63) is 71.7 Å². The van der Waals surface area contributed by atoms with E-state index in [-0.39, 0.29) is 5.69 Å². The SMILES string of the molecule is CNC(=O)NC(=O)[C@H](OC(=O)c1cn2ccc(C)cc2n1)c1ccccc1. The third-order valence-electron chi connectivity index (χ3n) is 3.85. The number of imide groups is 1. The molecule has 0 saturated heterocycles. The normalized spacial score (nSPS) is 11.6. The van der Waals surface area contributed by atoms with E-state index in [1.807, 2.05) is 19.1 Å². The number of rotatable bonds is 4. The summed E-state index contributed by atoms with van der Waals surface area (Å²) in [4.78, 5) is 40.7. The Bertz CT molecular complexity index is 997. The minimum atomic E-state index is -1.29. The van der Waals surface area contributed by atoms with Gasteiger partial charge in [-0.2, -0.15) is 0 Å². The number of esters is 1. The zero-order valence-electron chi connectivity index (χ0n) is 14.8. The van der Waals surface area contributed by atoms with Crippen molar-refractivity contribution in [2.45, 2.75) is 13.0 Å². The van der Waals surface area contributed by atoms with Gasteiger partial charge in [0.05, 0.1) is 0 Å². The molecule has 0 spiro atoms. The molecule has 0 radical (unpaired) electrons. The molecule has 2 heterocycles. The van der Waals surface area contributed by atoms with Crippen LogP contribution in [0.25, 0.3) is 5.65 Å². The smallest absolute Gasteiger partial charge is 0.359 e. The highest BCUT2D eigenvalue weighted by molar-refractivity contribution is 5.98. The molecule has 3 rings (SSSR count). The Morgan fingerprint density at radius 1 is 1.15 bits per heavy atom. The number of nitrogens with one attached hydrogen (secondary N) is 2. The summed E-state index contributed by atoms with van der Waals surface area (Å²) in [5.74, 6) is -1.52. The fourth-order valence-electron chi connectivity index (χ4n) is 2.49. The number of nitrogens with zero attached hydrogens (tertiary/aromatic N) is 2. The zero-order chi connectivity index (χ0) is 19.4. The first-order valence-electron chi connectivity index (χ1n) is 8.22. The molecule has 3 aromatic rings. The monoisotopic (exact) mass is 366 g/mol. The van der Waals surface area contributed by atoms with Crippen molar-refractivity contribution in [3.63, 3.8) is 0 Å². The number of imidazole rings is 1. The molecule has 0 aliphatic heterocycles. The third kappa shape index (κ3) is 4.12. The van der Waals surface area contributed by atoms with Gasteiger partial charge in [0.2, 0.25) is 6.10 Å². The molecule has 138 valence electrons. The van der Waals surface area contributed by atoms with Gasteiger partial charge in [0.1, 0.15) is 5.65 Å². The summed E-state index contributed by atoms with van der Waals surface area (Å²) in [7, 11) is 1.38. The Labute approximate surface area is 155 Å². The molecule has 1 aromatic carbocycles. The molecule has 0 fully saturated rings. The van der Waals surface area contributed by atoms with E-state index in [4.69, 9.17) is 4.74 Å². The van der Waals surface area contributed by atoms with Crippen molar-refractivity contribution in [2.24, 2.45) is 0 Å². The minimum absolute atomic E-state index is 0.0641. The molecular formula is C19H18N4O4. The van der Waals surface area contributed by atoms with Crippen molar-refractivity contribution in [1.29, 1.82) is 0 Å². The first-order valence-corrected chi connectivity index (χ1v) is 8.22. The second kappa shape index (κ2) is 7.69. The van der Waals surface area contributed by atoms with E-state index in [9.17, 15) is 14.4 Å². The fraction of sp³-hybridized carbons (Fsp3) is 0.158. The first-order chi connectivity index (χ1) is 13.0. The maximum Gasteiger partial charge on any atom is 0.359 e. The largest absolute Gasteiger partial charge is 0.442 e. The average molecular weight is 366 g/mol. The Balaban J connectivity index is 1.86. The number of pyridine rings is 1. The first kappa shape index (κ1) is 18.1.